The van der Waals surface area contributed by atoms with E-state index in [0.717, 1.165) is 0 Å². The smallest absolute Gasteiger partial charge is 0.355 e. The van der Waals surface area contributed by atoms with Crippen molar-refractivity contribution in [3.8, 4) is 0 Å². The largest absolute Gasteiger partial charge is 0.476 e. The summed E-state index contributed by atoms with van der Waals surface area (Å²) in [6.07, 6.45) is 2.88. The van der Waals surface area contributed by atoms with Gasteiger partial charge in [0.15, 0.2) is 10.4 Å². The number of nitrogens with one attached hydrogen (secondary N) is 1. The van der Waals surface area contributed by atoms with Crippen molar-refractivity contribution in [3.05, 3.63) is 44.7 Å². The van der Waals surface area contributed by atoms with E-state index >= 15 is 0 Å². The molecule has 0 aliphatic carbocycles. The van der Waals surface area contributed by atoms with E-state index < -0.39 is 5.97 Å². The second-order valence-corrected chi connectivity index (χ2v) is 5.75. The third-order valence-electron chi connectivity index (χ3n) is 2.46. The van der Waals surface area contributed by atoms with Crippen molar-refractivity contribution < 1.29 is 19.1 Å². The number of carbonyl (C=O) groups excluding carboxylic acids is 1. The molecule has 0 spiro atoms. The Bertz CT molecular complexity index is 692. The van der Waals surface area contributed by atoms with Gasteiger partial charge in [-0.2, -0.15) is 0 Å². The predicted octanol–water partition coefficient (Wildman–Crippen LogP) is 3.09. The minimum absolute atomic E-state index is 0.0212. The Hall–Kier alpha value is -1.93. The topological polar surface area (TPSA) is 92.4 Å². The van der Waals surface area contributed by atoms with Crippen LogP contribution in [0.3, 0.4) is 0 Å². The zero-order valence-corrected chi connectivity index (χ0v) is 13.3. The molecular formula is C13H11BrN2O4S. The van der Waals surface area contributed by atoms with Crippen molar-refractivity contribution >= 4 is 45.2 Å². The number of halogens is 1. The Balaban J connectivity index is 1.95. The number of rotatable bonds is 5. The maximum absolute atomic E-state index is 11.8. The fourth-order valence-corrected chi connectivity index (χ4v) is 2.60. The summed E-state index contributed by atoms with van der Waals surface area (Å²) in [5.74, 6) is -0.853. The number of nitrogens with zero attached hydrogens (tertiary/aromatic N) is 1. The molecule has 0 saturated heterocycles. The van der Waals surface area contributed by atoms with E-state index in [9.17, 15) is 9.59 Å². The van der Waals surface area contributed by atoms with Crippen LogP contribution in [0.1, 0.15) is 34.2 Å². The lowest BCUT2D eigenvalue weighted by molar-refractivity contribution is -0.117. The van der Waals surface area contributed by atoms with Crippen LogP contribution in [-0.2, 0) is 4.79 Å². The minimum atomic E-state index is -1.08. The molecule has 8 heteroatoms. The normalized spacial score (nSPS) is 12.5. The van der Waals surface area contributed by atoms with Crippen LogP contribution in [0, 0.1) is 0 Å². The highest BCUT2D eigenvalue weighted by molar-refractivity contribution is 9.10. The van der Waals surface area contributed by atoms with Crippen LogP contribution in [0.5, 0.6) is 0 Å². The lowest BCUT2D eigenvalue weighted by atomic mass is 10.3. The molecule has 2 N–H and O–H groups in total. The maximum Gasteiger partial charge on any atom is 0.355 e. The molecule has 0 aliphatic rings. The summed E-state index contributed by atoms with van der Waals surface area (Å²) < 4.78 is 5.81. The average Bonchev–Trinajstić information content (AvgIpc) is 3.05. The standard InChI is InChI=1S/C13H11BrN2O4S/c1-7(12-16-9(6-21-12)13(18)19)15-11(17)5-3-8-2-4-10(14)20-8/h2-7H,1H3,(H,15,17)(H,18,19). The van der Waals surface area contributed by atoms with Crippen LogP contribution in [-0.4, -0.2) is 22.0 Å². The summed E-state index contributed by atoms with van der Waals surface area (Å²) in [6.45, 7) is 1.74. The zero-order valence-electron chi connectivity index (χ0n) is 10.9. The van der Waals surface area contributed by atoms with Crippen LogP contribution < -0.4 is 5.32 Å². The number of carboxylic acid groups (broad SMARTS) is 1. The average molecular weight is 371 g/mol. The summed E-state index contributed by atoms with van der Waals surface area (Å²) in [5.41, 5.74) is -0.0212. The zero-order chi connectivity index (χ0) is 15.4. The summed E-state index contributed by atoms with van der Waals surface area (Å²) in [4.78, 5) is 26.4. The highest BCUT2D eigenvalue weighted by Gasteiger charge is 2.15. The van der Waals surface area contributed by atoms with Gasteiger partial charge in [0.25, 0.3) is 0 Å². The van der Waals surface area contributed by atoms with Gasteiger partial charge in [0.05, 0.1) is 6.04 Å². The molecule has 2 rings (SSSR count). The van der Waals surface area contributed by atoms with E-state index in [1.165, 1.54) is 28.9 Å². The highest BCUT2D eigenvalue weighted by atomic mass is 79.9. The molecule has 2 heterocycles. The van der Waals surface area contributed by atoms with Crippen molar-refractivity contribution in [2.24, 2.45) is 0 Å². The van der Waals surface area contributed by atoms with E-state index in [-0.39, 0.29) is 17.6 Å². The van der Waals surface area contributed by atoms with E-state index in [2.05, 4.69) is 26.2 Å². The molecule has 0 radical (unpaired) electrons. The van der Waals surface area contributed by atoms with E-state index in [0.29, 0.717) is 15.4 Å². The van der Waals surface area contributed by atoms with Gasteiger partial charge in [-0.3, -0.25) is 4.79 Å². The minimum Gasteiger partial charge on any atom is -0.476 e. The number of hydrogen-bond donors (Lipinski definition) is 2. The maximum atomic E-state index is 11.8. The van der Waals surface area contributed by atoms with Gasteiger partial charge < -0.3 is 14.8 Å². The Morgan fingerprint density at radius 3 is 2.86 bits per heavy atom. The first-order valence-corrected chi connectivity index (χ1v) is 7.55. The lowest BCUT2D eigenvalue weighted by Gasteiger charge is -2.08. The highest BCUT2D eigenvalue weighted by Crippen LogP contribution is 2.18. The summed E-state index contributed by atoms with van der Waals surface area (Å²) in [6, 6.07) is 3.07. The molecule has 0 aromatic carbocycles. The van der Waals surface area contributed by atoms with Gasteiger partial charge in [-0.1, -0.05) is 0 Å². The monoisotopic (exact) mass is 370 g/mol. The predicted molar refractivity (Wildman–Crippen MR) is 81.1 cm³/mol. The SMILES string of the molecule is CC(NC(=O)C=Cc1ccc(Br)o1)c1nc(C(=O)O)cs1. The quantitative estimate of drug-likeness (QED) is 0.788. The van der Waals surface area contributed by atoms with Crippen molar-refractivity contribution in [2.45, 2.75) is 13.0 Å². The molecule has 1 amide bonds. The van der Waals surface area contributed by atoms with Gasteiger partial charge >= 0.3 is 5.97 Å². The molecular weight excluding hydrogens is 360 g/mol. The number of furan rings is 1. The van der Waals surface area contributed by atoms with Crippen molar-refractivity contribution in [1.29, 1.82) is 0 Å². The molecule has 2 aromatic rings. The summed E-state index contributed by atoms with van der Waals surface area (Å²) in [5, 5.41) is 13.5. The fourth-order valence-electron chi connectivity index (χ4n) is 1.48. The molecule has 1 atom stereocenters. The van der Waals surface area contributed by atoms with Crippen LogP contribution in [0.15, 0.2) is 32.7 Å². The molecule has 1 unspecified atom stereocenters. The second kappa shape index (κ2) is 6.68. The Morgan fingerprint density at radius 2 is 2.29 bits per heavy atom. The molecule has 0 bridgehead atoms. The number of aromatic carboxylic acids is 1. The van der Waals surface area contributed by atoms with Gasteiger partial charge in [0, 0.05) is 11.5 Å². The number of amides is 1. The molecule has 21 heavy (non-hydrogen) atoms. The van der Waals surface area contributed by atoms with Crippen LogP contribution in [0.2, 0.25) is 0 Å². The van der Waals surface area contributed by atoms with Gasteiger partial charge in [-0.25, -0.2) is 9.78 Å². The third-order valence-corrected chi connectivity index (χ3v) is 3.92. The number of hydrogen-bond acceptors (Lipinski definition) is 5. The van der Waals surface area contributed by atoms with E-state index in [1.807, 2.05) is 0 Å². The van der Waals surface area contributed by atoms with Crippen molar-refractivity contribution in [2.75, 3.05) is 0 Å². The van der Waals surface area contributed by atoms with Gasteiger partial charge in [0.1, 0.15) is 10.8 Å². The van der Waals surface area contributed by atoms with E-state index in [1.54, 1.807) is 19.1 Å². The number of carboxylic acids is 1. The number of aromatic nitrogens is 1. The Morgan fingerprint density at radius 1 is 1.52 bits per heavy atom. The first-order chi connectivity index (χ1) is 9.95. The molecule has 0 saturated carbocycles. The second-order valence-electron chi connectivity index (χ2n) is 4.08. The van der Waals surface area contributed by atoms with Gasteiger partial charge in [-0.05, 0) is 41.1 Å². The molecule has 0 aliphatic heterocycles. The third kappa shape index (κ3) is 4.27. The summed E-state index contributed by atoms with van der Waals surface area (Å²) >= 11 is 4.36. The first kappa shape index (κ1) is 15.5. The molecule has 6 nitrogen and oxygen atoms in total. The van der Waals surface area contributed by atoms with Crippen LogP contribution in [0.25, 0.3) is 6.08 Å². The molecule has 110 valence electrons. The van der Waals surface area contributed by atoms with Crippen LogP contribution in [0.4, 0.5) is 0 Å². The van der Waals surface area contributed by atoms with Gasteiger partial charge in [-0.15, -0.1) is 11.3 Å². The molecule has 2 aromatic heterocycles. The van der Waals surface area contributed by atoms with Crippen molar-refractivity contribution in [3.63, 3.8) is 0 Å². The van der Waals surface area contributed by atoms with Crippen LogP contribution >= 0.6 is 27.3 Å². The molecule has 0 fully saturated rings. The van der Waals surface area contributed by atoms with Crippen molar-refractivity contribution in [1.82, 2.24) is 10.3 Å². The first-order valence-electron chi connectivity index (χ1n) is 5.88. The number of carbonyl (C=O) groups is 2. The lowest BCUT2D eigenvalue weighted by Crippen LogP contribution is -2.24. The Labute approximate surface area is 132 Å². The number of thiazole rings is 1. The summed E-state index contributed by atoms with van der Waals surface area (Å²) in [7, 11) is 0. The Kier molecular flexibility index (Phi) is 4.92. The fraction of sp³-hybridized carbons (Fsp3) is 0.154. The van der Waals surface area contributed by atoms with Gasteiger partial charge in [0.2, 0.25) is 5.91 Å². The van der Waals surface area contributed by atoms with E-state index in [4.69, 9.17) is 9.52 Å².